The highest BCUT2D eigenvalue weighted by molar-refractivity contribution is 9.10. The highest BCUT2D eigenvalue weighted by atomic mass is 79.9. The lowest BCUT2D eigenvalue weighted by molar-refractivity contribution is 0.0811. The number of hydrogen-bond acceptors (Lipinski definition) is 2. The number of furan rings is 1. The van der Waals surface area contributed by atoms with Gasteiger partial charge in [0.15, 0.2) is 0 Å². The van der Waals surface area contributed by atoms with Crippen LogP contribution in [0.2, 0.25) is 0 Å². The molecule has 0 atom stereocenters. The number of hydrogen-bond donors (Lipinski definition) is 1. The average Bonchev–Trinajstić information content (AvgIpc) is 2.47. The van der Waals surface area contributed by atoms with Gasteiger partial charge in [-0.15, -0.1) is 0 Å². The third kappa shape index (κ3) is 2.24. The van der Waals surface area contributed by atoms with Gasteiger partial charge in [0.25, 0.3) is 0 Å². The molecule has 0 amide bonds. The van der Waals surface area contributed by atoms with Crippen molar-refractivity contribution in [2.45, 2.75) is 25.9 Å². The van der Waals surface area contributed by atoms with E-state index in [0.717, 1.165) is 21.0 Å². The van der Waals surface area contributed by atoms with Gasteiger partial charge in [0, 0.05) is 21.8 Å². The van der Waals surface area contributed by atoms with Gasteiger partial charge < -0.3 is 9.52 Å². The van der Waals surface area contributed by atoms with Crippen molar-refractivity contribution in [3.63, 3.8) is 0 Å². The van der Waals surface area contributed by atoms with E-state index in [4.69, 9.17) is 4.42 Å². The van der Waals surface area contributed by atoms with Gasteiger partial charge in [-0.05, 0) is 26.0 Å². The van der Waals surface area contributed by atoms with E-state index in [0.29, 0.717) is 6.42 Å². The van der Waals surface area contributed by atoms with E-state index < -0.39 is 5.60 Å². The van der Waals surface area contributed by atoms with Crippen molar-refractivity contribution in [1.82, 2.24) is 0 Å². The normalized spacial score (nSPS) is 12.3. The van der Waals surface area contributed by atoms with E-state index in [9.17, 15) is 5.11 Å². The first-order chi connectivity index (χ1) is 6.97. The van der Waals surface area contributed by atoms with Crippen LogP contribution in [0, 0.1) is 0 Å². The van der Waals surface area contributed by atoms with Gasteiger partial charge in [-0.2, -0.15) is 0 Å². The molecular weight excluding hydrogens is 256 g/mol. The van der Waals surface area contributed by atoms with Gasteiger partial charge in [-0.25, -0.2) is 0 Å². The smallest absolute Gasteiger partial charge is 0.135 e. The summed E-state index contributed by atoms with van der Waals surface area (Å²) in [7, 11) is 0. The second kappa shape index (κ2) is 3.65. The van der Waals surface area contributed by atoms with Crippen LogP contribution in [-0.2, 0) is 6.42 Å². The molecule has 80 valence electrons. The molecule has 2 rings (SSSR count). The molecule has 0 aliphatic rings. The predicted molar refractivity (Wildman–Crippen MR) is 63.9 cm³/mol. The Kier molecular flexibility index (Phi) is 2.61. The predicted octanol–water partition coefficient (Wildman–Crippen LogP) is 3.51. The molecule has 15 heavy (non-hydrogen) atoms. The summed E-state index contributed by atoms with van der Waals surface area (Å²) in [5.41, 5.74) is 1.17. The van der Waals surface area contributed by atoms with Crippen LogP contribution < -0.4 is 0 Å². The molecule has 0 fully saturated rings. The van der Waals surface area contributed by atoms with Crippen molar-refractivity contribution in [1.29, 1.82) is 0 Å². The minimum atomic E-state index is -0.716. The highest BCUT2D eigenvalue weighted by Crippen LogP contribution is 2.30. The van der Waals surface area contributed by atoms with Gasteiger partial charge in [-0.1, -0.05) is 22.0 Å². The van der Waals surface area contributed by atoms with Crippen LogP contribution >= 0.6 is 15.9 Å². The van der Waals surface area contributed by atoms with Gasteiger partial charge in [0.05, 0.1) is 11.9 Å². The average molecular weight is 269 g/mol. The zero-order chi connectivity index (χ0) is 11.1. The van der Waals surface area contributed by atoms with E-state index >= 15 is 0 Å². The lowest BCUT2D eigenvalue weighted by Crippen LogP contribution is -2.21. The van der Waals surface area contributed by atoms with Gasteiger partial charge >= 0.3 is 0 Å². The van der Waals surface area contributed by atoms with Crippen molar-refractivity contribution < 1.29 is 9.52 Å². The molecule has 0 spiro atoms. The second-order valence-electron chi connectivity index (χ2n) is 4.36. The second-order valence-corrected chi connectivity index (χ2v) is 5.22. The maximum Gasteiger partial charge on any atom is 0.135 e. The number of benzene rings is 1. The highest BCUT2D eigenvalue weighted by Gasteiger charge is 2.18. The molecule has 1 heterocycles. The van der Waals surface area contributed by atoms with Crippen LogP contribution in [0.3, 0.4) is 0 Å². The largest absolute Gasteiger partial charge is 0.464 e. The number of aliphatic hydroxyl groups is 1. The maximum absolute atomic E-state index is 9.78. The summed E-state index contributed by atoms with van der Waals surface area (Å²) in [5, 5.41) is 10.8. The summed E-state index contributed by atoms with van der Waals surface area (Å²) in [6, 6.07) is 5.84. The molecule has 0 radical (unpaired) electrons. The van der Waals surface area contributed by atoms with E-state index in [-0.39, 0.29) is 0 Å². The number of rotatable bonds is 2. The van der Waals surface area contributed by atoms with Gasteiger partial charge in [0.2, 0.25) is 0 Å². The Labute approximate surface area is 97.0 Å². The molecule has 0 aliphatic heterocycles. The molecule has 0 saturated heterocycles. The maximum atomic E-state index is 9.78. The molecule has 1 aromatic carbocycles. The zero-order valence-electron chi connectivity index (χ0n) is 8.75. The van der Waals surface area contributed by atoms with Crippen LogP contribution in [0.1, 0.15) is 19.4 Å². The standard InChI is InChI=1S/C12H13BrO2/c1-12(2,14)6-8-7-15-10-5-3-4-9(13)11(8)10/h3-5,7,14H,6H2,1-2H3. The van der Waals surface area contributed by atoms with Crippen LogP contribution in [0.4, 0.5) is 0 Å². The minimum absolute atomic E-state index is 0.586. The lowest BCUT2D eigenvalue weighted by Gasteiger charge is -2.15. The molecule has 2 aromatic rings. The van der Waals surface area contributed by atoms with Crippen molar-refractivity contribution >= 4 is 26.9 Å². The molecule has 1 N–H and O–H groups in total. The quantitative estimate of drug-likeness (QED) is 0.905. The summed E-state index contributed by atoms with van der Waals surface area (Å²) in [6.45, 7) is 3.59. The number of fused-ring (bicyclic) bond motifs is 1. The summed E-state index contributed by atoms with van der Waals surface area (Å²) < 4.78 is 6.44. The van der Waals surface area contributed by atoms with E-state index in [1.165, 1.54) is 0 Å². The first-order valence-electron chi connectivity index (χ1n) is 4.84. The fourth-order valence-electron chi connectivity index (χ4n) is 1.70. The summed E-state index contributed by atoms with van der Waals surface area (Å²) in [6.07, 6.45) is 2.30. The fourth-order valence-corrected chi connectivity index (χ4v) is 2.31. The Morgan fingerprint density at radius 3 is 2.80 bits per heavy atom. The Bertz CT molecular complexity index is 480. The molecule has 2 nitrogen and oxygen atoms in total. The minimum Gasteiger partial charge on any atom is -0.464 e. The first kappa shape index (κ1) is 10.7. The third-order valence-corrected chi connectivity index (χ3v) is 2.91. The molecule has 0 unspecified atom stereocenters. The topological polar surface area (TPSA) is 33.4 Å². The van der Waals surface area contributed by atoms with Crippen LogP contribution in [0.5, 0.6) is 0 Å². The molecule has 0 bridgehead atoms. The summed E-state index contributed by atoms with van der Waals surface area (Å²) >= 11 is 3.49. The van der Waals surface area contributed by atoms with Crippen molar-refractivity contribution in [2.24, 2.45) is 0 Å². The Morgan fingerprint density at radius 2 is 2.13 bits per heavy atom. The first-order valence-corrected chi connectivity index (χ1v) is 5.64. The molecule has 1 aromatic heterocycles. The lowest BCUT2D eigenvalue weighted by atomic mass is 9.98. The Balaban J connectivity index is 2.53. The van der Waals surface area contributed by atoms with Crippen LogP contribution in [-0.4, -0.2) is 10.7 Å². The van der Waals surface area contributed by atoms with Crippen molar-refractivity contribution in [2.75, 3.05) is 0 Å². The zero-order valence-corrected chi connectivity index (χ0v) is 10.3. The Morgan fingerprint density at radius 1 is 1.40 bits per heavy atom. The summed E-state index contributed by atoms with van der Waals surface area (Å²) in [4.78, 5) is 0. The fraction of sp³-hybridized carbons (Fsp3) is 0.333. The van der Waals surface area contributed by atoms with Crippen molar-refractivity contribution in [3.8, 4) is 0 Å². The van der Waals surface area contributed by atoms with E-state index in [2.05, 4.69) is 15.9 Å². The third-order valence-electron chi connectivity index (χ3n) is 2.25. The molecule has 0 saturated carbocycles. The summed E-state index contributed by atoms with van der Waals surface area (Å²) in [5.74, 6) is 0. The van der Waals surface area contributed by atoms with E-state index in [1.807, 2.05) is 18.2 Å². The molecule has 0 aliphatic carbocycles. The van der Waals surface area contributed by atoms with Crippen LogP contribution in [0.25, 0.3) is 11.0 Å². The SMILES string of the molecule is CC(C)(O)Cc1coc2cccc(Br)c12. The Hall–Kier alpha value is -0.800. The molecule has 3 heteroatoms. The van der Waals surface area contributed by atoms with Gasteiger partial charge in [-0.3, -0.25) is 0 Å². The molecular formula is C12H13BrO2. The monoisotopic (exact) mass is 268 g/mol. The van der Waals surface area contributed by atoms with E-state index in [1.54, 1.807) is 20.1 Å². The number of halogens is 1. The van der Waals surface area contributed by atoms with Crippen LogP contribution in [0.15, 0.2) is 33.4 Å². The van der Waals surface area contributed by atoms with Gasteiger partial charge in [0.1, 0.15) is 5.58 Å². The van der Waals surface area contributed by atoms with Crippen molar-refractivity contribution in [3.05, 3.63) is 34.5 Å².